The fourth-order valence-electron chi connectivity index (χ4n) is 1.64. The molecule has 0 aromatic carbocycles. The van der Waals surface area contributed by atoms with Gasteiger partial charge in [-0.2, -0.15) is 0 Å². The SMILES string of the molecule is CO[C@@H](C(=O)O)[C@H]1OC(C)(C)O[C@H]1CO. The van der Waals surface area contributed by atoms with E-state index in [9.17, 15) is 4.79 Å². The average molecular weight is 220 g/mol. The van der Waals surface area contributed by atoms with Crippen molar-refractivity contribution in [2.75, 3.05) is 13.7 Å². The summed E-state index contributed by atoms with van der Waals surface area (Å²) in [6.45, 7) is 3.01. The second-order valence-corrected chi connectivity index (χ2v) is 3.82. The lowest BCUT2D eigenvalue weighted by Crippen LogP contribution is -2.43. The maximum atomic E-state index is 10.8. The van der Waals surface area contributed by atoms with Crippen LogP contribution in [-0.2, 0) is 19.0 Å². The molecule has 88 valence electrons. The first kappa shape index (κ1) is 12.4. The summed E-state index contributed by atoms with van der Waals surface area (Å²) in [6, 6.07) is 0. The lowest BCUT2D eigenvalue weighted by Gasteiger charge is -2.21. The van der Waals surface area contributed by atoms with E-state index in [0.29, 0.717) is 0 Å². The van der Waals surface area contributed by atoms with Crippen LogP contribution in [0.5, 0.6) is 0 Å². The van der Waals surface area contributed by atoms with Crippen LogP contribution in [0, 0.1) is 0 Å². The molecule has 0 aromatic heterocycles. The molecule has 0 amide bonds. The monoisotopic (exact) mass is 220 g/mol. The number of carbonyl (C=O) groups is 1. The molecular weight excluding hydrogens is 204 g/mol. The minimum Gasteiger partial charge on any atom is -0.479 e. The van der Waals surface area contributed by atoms with Gasteiger partial charge in [0.2, 0.25) is 0 Å². The van der Waals surface area contributed by atoms with Crippen LogP contribution in [0.4, 0.5) is 0 Å². The molecule has 1 saturated heterocycles. The van der Waals surface area contributed by atoms with Gasteiger partial charge in [0.05, 0.1) is 6.61 Å². The molecule has 1 heterocycles. The smallest absolute Gasteiger partial charge is 0.335 e. The summed E-state index contributed by atoms with van der Waals surface area (Å²) in [5.74, 6) is -2.04. The highest BCUT2D eigenvalue weighted by molar-refractivity contribution is 5.73. The summed E-state index contributed by atoms with van der Waals surface area (Å²) < 4.78 is 15.5. The van der Waals surface area contributed by atoms with Crippen LogP contribution in [0.25, 0.3) is 0 Å². The van der Waals surface area contributed by atoms with E-state index in [1.54, 1.807) is 13.8 Å². The molecule has 0 saturated carbocycles. The standard InChI is InChI=1S/C9H16O6/c1-9(2)14-5(4-10)6(15-9)7(13-3)8(11)12/h5-7,10H,4H2,1-3H3,(H,11,12)/t5-,6-,7+/m0/s1. The average Bonchev–Trinajstić information content (AvgIpc) is 2.42. The highest BCUT2D eigenvalue weighted by Gasteiger charge is 2.47. The van der Waals surface area contributed by atoms with E-state index < -0.39 is 30.1 Å². The van der Waals surface area contributed by atoms with E-state index in [1.165, 1.54) is 7.11 Å². The Kier molecular flexibility index (Phi) is 3.67. The molecule has 6 heteroatoms. The van der Waals surface area contributed by atoms with Gasteiger partial charge < -0.3 is 24.4 Å². The largest absolute Gasteiger partial charge is 0.479 e. The molecule has 0 bridgehead atoms. The number of methoxy groups -OCH3 is 1. The summed E-state index contributed by atoms with van der Waals surface area (Å²) in [5.41, 5.74) is 0. The number of aliphatic hydroxyl groups is 1. The fraction of sp³-hybridized carbons (Fsp3) is 0.889. The zero-order valence-corrected chi connectivity index (χ0v) is 8.97. The molecule has 2 N–H and O–H groups in total. The van der Waals surface area contributed by atoms with Crippen LogP contribution >= 0.6 is 0 Å². The molecule has 1 aliphatic heterocycles. The zero-order valence-electron chi connectivity index (χ0n) is 8.97. The Morgan fingerprint density at radius 1 is 1.53 bits per heavy atom. The number of hydrogen-bond donors (Lipinski definition) is 2. The summed E-state index contributed by atoms with van der Waals surface area (Å²) in [5, 5.41) is 17.9. The van der Waals surface area contributed by atoms with Gasteiger partial charge in [0.1, 0.15) is 12.2 Å². The summed E-state index contributed by atoms with van der Waals surface area (Å²) in [4.78, 5) is 10.8. The number of aliphatic carboxylic acids is 1. The van der Waals surface area contributed by atoms with Crippen molar-refractivity contribution in [2.45, 2.75) is 37.9 Å². The fourth-order valence-corrected chi connectivity index (χ4v) is 1.64. The topological polar surface area (TPSA) is 85.2 Å². The molecule has 1 rings (SSSR count). The van der Waals surface area contributed by atoms with Crippen molar-refractivity contribution in [3.63, 3.8) is 0 Å². The minimum atomic E-state index is -1.14. The van der Waals surface area contributed by atoms with Crippen molar-refractivity contribution in [2.24, 2.45) is 0 Å². The third kappa shape index (κ3) is 2.66. The van der Waals surface area contributed by atoms with Gasteiger partial charge in [-0.15, -0.1) is 0 Å². The molecular formula is C9H16O6. The van der Waals surface area contributed by atoms with Crippen molar-refractivity contribution in [1.82, 2.24) is 0 Å². The summed E-state index contributed by atoms with van der Waals surface area (Å²) in [7, 11) is 1.28. The Labute approximate surface area is 87.7 Å². The number of hydrogen-bond acceptors (Lipinski definition) is 5. The Bertz CT molecular complexity index is 239. The van der Waals surface area contributed by atoms with Crippen LogP contribution < -0.4 is 0 Å². The Balaban J connectivity index is 2.79. The second-order valence-electron chi connectivity index (χ2n) is 3.82. The van der Waals surface area contributed by atoms with Crippen LogP contribution in [0.15, 0.2) is 0 Å². The van der Waals surface area contributed by atoms with Gasteiger partial charge in [-0.1, -0.05) is 0 Å². The molecule has 6 nitrogen and oxygen atoms in total. The van der Waals surface area contributed by atoms with Crippen LogP contribution in [0.2, 0.25) is 0 Å². The van der Waals surface area contributed by atoms with E-state index in [0.717, 1.165) is 0 Å². The lowest BCUT2D eigenvalue weighted by molar-refractivity contribution is -0.171. The van der Waals surface area contributed by atoms with Gasteiger partial charge >= 0.3 is 5.97 Å². The number of rotatable bonds is 4. The Morgan fingerprint density at radius 3 is 2.53 bits per heavy atom. The number of aliphatic hydroxyl groups excluding tert-OH is 1. The maximum absolute atomic E-state index is 10.8. The lowest BCUT2D eigenvalue weighted by atomic mass is 10.1. The molecule has 0 spiro atoms. The van der Waals surface area contributed by atoms with Crippen LogP contribution in [0.3, 0.4) is 0 Å². The number of carboxylic acids is 1. The summed E-state index contributed by atoms with van der Waals surface area (Å²) in [6.07, 6.45) is -2.61. The van der Waals surface area contributed by atoms with Gasteiger partial charge in [0.25, 0.3) is 0 Å². The highest BCUT2D eigenvalue weighted by Crippen LogP contribution is 2.30. The summed E-state index contributed by atoms with van der Waals surface area (Å²) >= 11 is 0. The molecule has 0 unspecified atom stereocenters. The van der Waals surface area contributed by atoms with E-state index >= 15 is 0 Å². The van der Waals surface area contributed by atoms with E-state index in [1.807, 2.05) is 0 Å². The highest BCUT2D eigenvalue weighted by atomic mass is 16.8. The first-order chi connectivity index (χ1) is 6.91. The zero-order chi connectivity index (χ0) is 11.6. The molecule has 15 heavy (non-hydrogen) atoms. The number of carboxylic acid groups (broad SMARTS) is 1. The normalized spacial score (nSPS) is 31.5. The quantitative estimate of drug-likeness (QED) is 0.670. The Hall–Kier alpha value is -0.690. The molecule has 0 aromatic rings. The van der Waals surface area contributed by atoms with E-state index in [4.69, 9.17) is 24.4 Å². The first-order valence-corrected chi connectivity index (χ1v) is 4.63. The molecule has 1 fully saturated rings. The van der Waals surface area contributed by atoms with E-state index in [2.05, 4.69) is 0 Å². The first-order valence-electron chi connectivity index (χ1n) is 4.63. The van der Waals surface area contributed by atoms with Gasteiger partial charge in [-0.25, -0.2) is 4.79 Å². The van der Waals surface area contributed by atoms with Gasteiger partial charge in [0.15, 0.2) is 11.9 Å². The molecule has 1 aliphatic rings. The van der Waals surface area contributed by atoms with Crippen molar-refractivity contribution < 1.29 is 29.2 Å². The van der Waals surface area contributed by atoms with Crippen LogP contribution in [0.1, 0.15) is 13.8 Å². The molecule has 3 atom stereocenters. The maximum Gasteiger partial charge on any atom is 0.335 e. The van der Waals surface area contributed by atoms with Gasteiger partial charge in [0, 0.05) is 7.11 Å². The predicted octanol–water partition coefficient (Wildman–Crippen LogP) is -0.402. The third-order valence-electron chi connectivity index (χ3n) is 2.20. The molecule has 0 radical (unpaired) electrons. The van der Waals surface area contributed by atoms with Gasteiger partial charge in [-0.3, -0.25) is 0 Å². The second kappa shape index (κ2) is 4.44. The van der Waals surface area contributed by atoms with Crippen molar-refractivity contribution in [3.05, 3.63) is 0 Å². The number of ether oxygens (including phenoxy) is 3. The van der Waals surface area contributed by atoms with E-state index in [-0.39, 0.29) is 6.61 Å². The minimum absolute atomic E-state index is 0.304. The van der Waals surface area contributed by atoms with Crippen molar-refractivity contribution in [1.29, 1.82) is 0 Å². The van der Waals surface area contributed by atoms with Crippen molar-refractivity contribution >= 4 is 5.97 Å². The molecule has 0 aliphatic carbocycles. The third-order valence-corrected chi connectivity index (χ3v) is 2.20. The van der Waals surface area contributed by atoms with Crippen molar-refractivity contribution in [3.8, 4) is 0 Å². The van der Waals surface area contributed by atoms with Gasteiger partial charge in [-0.05, 0) is 13.8 Å². The predicted molar refractivity (Wildman–Crippen MR) is 49.3 cm³/mol. The Morgan fingerprint density at radius 2 is 2.13 bits per heavy atom. The van der Waals surface area contributed by atoms with Crippen LogP contribution in [-0.4, -0.2) is 54.0 Å².